The lowest BCUT2D eigenvalue weighted by molar-refractivity contribution is 0.690. The SMILES string of the molecule is CNc1nc(-c2ncccc2Br)nc(C2CCCC2)c1I. The van der Waals surface area contributed by atoms with Crippen molar-refractivity contribution < 1.29 is 0 Å². The van der Waals surface area contributed by atoms with Crippen LogP contribution in [0.2, 0.25) is 0 Å². The second-order valence-corrected chi connectivity index (χ2v) is 7.09. The molecule has 1 saturated carbocycles. The van der Waals surface area contributed by atoms with E-state index in [9.17, 15) is 0 Å². The highest BCUT2D eigenvalue weighted by Crippen LogP contribution is 2.38. The first-order valence-corrected chi connectivity index (χ1v) is 8.94. The molecule has 3 rings (SSSR count). The quantitative estimate of drug-likeness (QED) is 0.682. The average molecular weight is 459 g/mol. The summed E-state index contributed by atoms with van der Waals surface area (Å²) in [6.07, 6.45) is 6.80. The fourth-order valence-electron chi connectivity index (χ4n) is 2.76. The van der Waals surface area contributed by atoms with Gasteiger partial charge in [-0.25, -0.2) is 9.97 Å². The summed E-state index contributed by atoms with van der Waals surface area (Å²) in [7, 11) is 1.90. The van der Waals surface area contributed by atoms with Gasteiger partial charge in [0.05, 0.1) is 9.26 Å². The summed E-state index contributed by atoms with van der Waals surface area (Å²) in [5.41, 5.74) is 1.96. The van der Waals surface area contributed by atoms with Crippen molar-refractivity contribution in [2.45, 2.75) is 31.6 Å². The molecule has 110 valence electrons. The standard InChI is InChI=1S/C15H16BrIN4/c1-18-14-11(17)12(9-5-2-3-6-9)20-15(21-14)13-10(16)7-4-8-19-13/h4,7-9H,2-3,5-6H2,1H3,(H,18,20,21). The molecule has 1 aliphatic rings. The van der Waals surface area contributed by atoms with Gasteiger partial charge in [0.2, 0.25) is 0 Å². The fourth-order valence-corrected chi connectivity index (χ4v) is 4.14. The second kappa shape index (κ2) is 6.56. The van der Waals surface area contributed by atoms with E-state index in [1.54, 1.807) is 6.20 Å². The van der Waals surface area contributed by atoms with Crippen molar-refractivity contribution in [3.63, 3.8) is 0 Å². The van der Waals surface area contributed by atoms with Crippen molar-refractivity contribution in [1.29, 1.82) is 0 Å². The predicted molar refractivity (Wildman–Crippen MR) is 96.4 cm³/mol. The molecule has 0 bridgehead atoms. The van der Waals surface area contributed by atoms with Gasteiger partial charge in [-0.2, -0.15) is 0 Å². The van der Waals surface area contributed by atoms with Crippen LogP contribution in [0.4, 0.5) is 5.82 Å². The Bertz CT molecular complexity index is 656. The van der Waals surface area contributed by atoms with E-state index < -0.39 is 0 Å². The maximum atomic E-state index is 4.84. The zero-order valence-electron chi connectivity index (χ0n) is 11.7. The van der Waals surface area contributed by atoms with Crippen molar-refractivity contribution in [1.82, 2.24) is 15.0 Å². The molecule has 0 aromatic carbocycles. The van der Waals surface area contributed by atoms with E-state index in [1.165, 1.54) is 31.4 Å². The van der Waals surface area contributed by atoms with E-state index in [0.29, 0.717) is 11.7 Å². The number of anilines is 1. The van der Waals surface area contributed by atoms with Crippen LogP contribution < -0.4 is 5.32 Å². The minimum Gasteiger partial charge on any atom is -0.372 e. The zero-order chi connectivity index (χ0) is 14.8. The third kappa shape index (κ3) is 3.06. The van der Waals surface area contributed by atoms with Crippen LogP contribution in [0.15, 0.2) is 22.8 Å². The van der Waals surface area contributed by atoms with E-state index >= 15 is 0 Å². The molecule has 0 unspecified atom stereocenters. The molecule has 0 atom stereocenters. The van der Waals surface area contributed by atoms with Crippen LogP contribution in [0, 0.1) is 3.57 Å². The second-order valence-electron chi connectivity index (χ2n) is 5.16. The molecule has 0 radical (unpaired) electrons. The Labute approximate surface area is 146 Å². The Kier molecular flexibility index (Phi) is 4.73. The number of nitrogens with one attached hydrogen (secondary N) is 1. The molecule has 1 aliphatic carbocycles. The van der Waals surface area contributed by atoms with Gasteiger partial charge in [0, 0.05) is 23.6 Å². The van der Waals surface area contributed by atoms with Crippen molar-refractivity contribution in [2.75, 3.05) is 12.4 Å². The number of aromatic nitrogens is 3. The lowest BCUT2D eigenvalue weighted by Gasteiger charge is -2.15. The highest BCUT2D eigenvalue weighted by atomic mass is 127. The van der Waals surface area contributed by atoms with Gasteiger partial charge in [-0.3, -0.25) is 4.98 Å². The zero-order valence-corrected chi connectivity index (χ0v) is 15.5. The molecule has 21 heavy (non-hydrogen) atoms. The summed E-state index contributed by atoms with van der Waals surface area (Å²) in [6.45, 7) is 0. The number of halogens is 2. The first-order valence-electron chi connectivity index (χ1n) is 7.06. The maximum Gasteiger partial charge on any atom is 0.181 e. The Hall–Kier alpha value is -0.760. The van der Waals surface area contributed by atoms with Gasteiger partial charge in [-0.15, -0.1) is 0 Å². The highest BCUT2D eigenvalue weighted by Gasteiger charge is 2.24. The maximum absolute atomic E-state index is 4.84. The lowest BCUT2D eigenvalue weighted by Crippen LogP contribution is -2.08. The molecule has 0 spiro atoms. The van der Waals surface area contributed by atoms with Crippen LogP contribution in [0.3, 0.4) is 0 Å². The first kappa shape index (κ1) is 15.1. The molecule has 1 N–H and O–H groups in total. The largest absolute Gasteiger partial charge is 0.372 e. The summed E-state index contributed by atoms with van der Waals surface area (Å²) in [4.78, 5) is 13.9. The summed E-state index contributed by atoms with van der Waals surface area (Å²) in [5.74, 6) is 2.13. The van der Waals surface area contributed by atoms with Crippen LogP contribution in [-0.4, -0.2) is 22.0 Å². The topological polar surface area (TPSA) is 50.7 Å². The Morgan fingerprint density at radius 2 is 2.05 bits per heavy atom. The molecule has 2 aromatic heterocycles. The van der Waals surface area contributed by atoms with Crippen LogP contribution in [0.1, 0.15) is 37.3 Å². The molecule has 0 saturated heterocycles. The molecule has 0 amide bonds. The molecule has 2 aromatic rings. The predicted octanol–water partition coefficient (Wildman–Crippen LogP) is 4.61. The van der Waals surface area contributed by atoms with Crippen LogP contribution in [0.5, 0.6) is 0 Å². The van der Waals surface area contributed by atoms with Gasteiger partial charge < -0.3 is 5.32 Å². The summed E-state index contributed by atoms with van der Waals surface area (Å²) < 4.78 is 2.06. The van der Waals surface area contributed by atoms with Crippen LogP contribution >= 0.6 is 38.5 Å². The number of hydrogen-bond acceptors (Lipinski definition) is 4. The Balaban J connectivity index is 2.13. The average Bonchev–Trinajstić information content (AvgIpc) is 3.02. The minimum atomic E-state index is 0.549. The van der Waals surface area contributed by atoms with Crippen LogP contribution in [-0.2, 0) is 0 Å². The number of hydrogen-bond donors (Lipinski definition) is 1. The smallest absolute Gasteiger partial charge is 0.181 e. The molecular weight excluding hydrogens is 443 g/mol. The first-order chi connectivity index (χ1) is 10.2. The van der Waals surface area contributed by atoms with Gasteiger partial charge in [-0.1, -0.05) is 12.8 Å². The Morgan fingerprint density at radius 3 is 2.71 bits per heavy atom. The van der Waals surface area contributed by atoms with Crippen LogP contribution in [0.25, 0.3) is 11.5 Å². The third-order valence-electron chi connectivity index (χ3n) is 3.83. The van der Waals surface area contributed by atoms with Crippen molar-refractivity contribution in [3.8, 4) is 11.5 Å². The minimum absolute atomic E-state index is 0.549. The monoisotopic (exact) mass is 458 g/mol. The number of rotatable bonds is 3. The number of pyridine rings is 1. The molecule has 6 heteroatoms. The van der Waals surface area contributed by atoms with E-state index in [4.69, 9.17) is 4.98 Å². The van der Waals surface area contributed by atoms with E-state index in [1.807, 2.05) is 19.2 Å². The number of nitrogens with zero attached hydrogens (tertiary/aromatic N) is 3. The van der Waals surface area contributed by atoms with E-state index in [2.05, 4.69) is 53.8 Å². The molecular formula is C15H16BrIN4. The third-order valence-corrected chi connectivity index (χ3v) is 5.53. The highest BCUT2D eigenvalue weighted by molar-refractivity contribution is 14.1. The molecule has 1 fully saturated rings. The van der Waals surface area contributed by atoms with Crippen molar-refractivity contribution in [2.24, 2.45) is 0 Å². The van der Waals surface area contributed by atoms with Crippen molar-refractivity contribution in [3.05, 3.63) is 32.1 Å². The summed E-state index contributed by atoms with van der Waals surface area (Å²) in [6, 6.07) is 3.87. The van der Waals surface area contributed by atoms with Gasteiger partial charge >= 0.3 is 0 Å². The fraction of sp³-hybridized carbons (Fsp3) is 0.400. The summed E-state index contributed by atoms with van der Waals surface area (Å²) in [5, 5.41) is 3.19. The molecule has 4 nitrogen and oxygen atoms in total. The van der Waals surface area contributed by atoms with Gasteiger partial charge in [0.1, 0.15) is 11.5 Å². The molecule has 0 aliphatic heterocycles. The van der Waals surface area contributed by atoms with Gasteiger partial charge in [0.15, 0.2) is 5.82 Å². The Morgan fingerprint density at radius 1 is 1.29 bits per heavy atom. The summed E-state index contributed by atoms with van der Waals surface area (Å²) >= 11 is 5.90. The van der Waals surface area contributed by atoms with Gasteiger partial charge in [-0.05, 0) is 63.5 Å². The van der Waals surface area contributed by atoms with Crippen molar-refractivity contribution >= 4 is 44.3 Å². The van der Waals surface area contributed by atoms with E-state index in [-0.39, 0.29) is 0 Å². The van der Waals surface area contributed by atoms with E-state index in [0.717, 1.165) is 19.6 Å². The lowest BCUT2D eigenvalue weighted by atomic mass is 10.0. The normalized spacial score (nSPS) is 15.4. The van der Waals surface area contributed by atoms with Gasteiger partial charge in [0.25, 0.3) is 0 Å². The molecule has 2 heterocycles.